The van der Waals surface area contributed by atoms with E-state index in [1.54, 1.807) is 10.7 Å². The molecule has 0 aliphatic carbocycles. The lowest BCUT2D eigenvalue weighted by Gasteiger charge is -2.01. The van der Waals surface area contributed by atoms with Crippen LogP contribution in [0.15, 0.2) is 71.1 Å². The molecular formula is C19H14N2O3. The molecule has 2 aromatic heterocycles. The van der Waals surface area contributed by atoms with Gasteiger partial charge < -0.3 is 9.52 Å². The maximum absolute atomic E-state index is 11.0. The Morgan fingerprint density at radius 1 is 1.04 bits per heavy atom. The Morgan fingerprint density at radius 3 is 2.38 bits per heavy atom. The molecule has 0 atom stereocenters. The summed E-state index contributed by atoms with van der Waals surface area (Å²) >= 11 is 0. The second-order valence-electron chi connectivity index (χ2n) is 5.46. The number of carboxylic acids is 1. The molecule has 0 saturated carbocycles. The van der Waals surface area contributed by atoms with Gasteiger partial charge in [-0.15, -0.1) is 0 Å². The molecule has 0 bridgehead atoms. The molecule has 4 aromatic rings. The number of carbonyl (C=O) groups is 1. The molecule has 0 saturated heterocycles. The van der Waals surface area contributed by atoms with Gasteiger partial charge in [0, 0.05) is 11.6 Å². The zero-order valence-corrected chi connectivity index (χ0v) is 12.7. The highest BCUT2D eigenvalue weighted by Gasteiger charge is 2.19. The largest absolute Gasteiger partial charge is 0.481 e. The Bertz CT molecular complexity index is 929. The van der Waals surface area contributed by atoms with Crippen molar-refractivity contribution in [3.8, 4) is 16.9 Å². The van der Waals surface area contributed by atoms with Crippen molar-refractivity contribution in [1.29, 1.82) is 0 Å². The predicted molar refractivity (Wildman–Crippen MR) is 90.1 cm³/mol. The van der Waals surface area contributed by atoms with Crippen molar-refractivity contribution >= 4 is 17.1 Å². The van der Waals surface area contributed by atoms with Gasteiger partial charge in [-0.25, -0.2) is 4.68 Å². The van der Waals surface area contributed by atoms with E-state index in [4.69, 9.17) is 9.52 Å². The average molecular weight is 318 g/mol. The highest BCUT2D eigenvalue weighted by Crippen LogP contribution is 2.32. The number of benzene rings is 2. The lowest BCUT2D eigenvalue weighted by molar-refractivity contribution is -0.136. The van der Waals surface area contributed by atoms with E-state index in [0.717, 1.165) is 16.8 Å². The predicted octanol–water partition coefficient (Wildman–Crippen LogP) is 3.91. The molecule has 0 aliphatic rings. The van der Waals surface area contributed by atoms with Crippen LogP contribution in [0.3, 0.4) is 0 Å². The van der Waals surface area contributed by atoms with Crippen LogP contribution in [0.25, 0.3) is 28.0 Å². The number of fused-ring (bicyclic) bond motifs is 1. The third-order valence-corrected chi connectivity index (χ3v) is 3.78. The molecule has 0 amide bonds. The van der Waals surface area contributed by atoms with Crippen molar-refractivity contribution in [3.63, 3.8) is 0 Å². The van der Waals surface area contributed by atoms with E-state index in [2.05, 4.69) is 5.10 Å². The standard InChI is InChI=1S/C19H14N2O3/c22-17(23)12-15-11-16-19(24-15)18(13-7-3-1-4-8-13)20-21(16)14-9-5-2-6-10-14/h1-11H,12H2,(H,22,23). The number of rotatable bonds is 4. The molecule has 4 rings (SSSR count). The van der Waals surface area contributed by atoms with E-state index in [9.17, 15) is 4.79 Å². The normalized spacial score (nSPS) is 11.0. The van der Waals surface area contributed by atoms with E-state index in [1.807, 2.05) is 60.7 Å². The molecular weight excluding hydrogens is 304 g/mol. The molecule has 0 unspecified atom stereocenters. The Morgan fingerprint density at radius 2 is 1.71 bits per heavy atom. The summed E-state index contributed by atoms with van der Waals surface area (Å²) in [4.78, 5) is 11.0. The second kappa shape index (κ2) is 5.70. The molecule has 5 heteroatoms. The monoisotopic (exact) mass is 318 g/mol. The second-order valence-corrected chi connectivity index (χ2v) is 5.46. The summed E-state index contributed by atoms with van der Waals surface area (Å²) < 4.78 is 7.59. The minimum atomic E-state index is -0.924. The lowest BCUT2D eigenvalue weighted by Crippen LogP contribution is -1.99. The van der Waals surface area contributed by atoms with Crippen LogP contribution in [0.2, 0.25) is 0 Å². The smallest absolute Gasteiger partial charge is 0.311 e. The van der Waals surface area contributed by atoms with Crippen molar-refractivity contribution in [3.05, 3.63) is 72.5 Å². The Balaban J connectivity index is 1.95. The van der Waals surface area contributed by atoms with Crippen molar-refractivity contribution in [2.24, 2.45) is 0 Å². The molecule has 0 radical (unpaired) electrons. The zero-order valence-electron chi connectivity index (χ0n) is 12.7. The van der Waals surface area contributed by atoms with Gasteiger partial charge in [0.1, 0.15) is 23.4 Å². The lowest BCUT2D eigenvalue weighted by atomic mass is 10.1. The topological polar surface area (TPSA) is 68.3 Å². The molecule has 0 fully saturated rings. The molecule has 2 aromatic carbocycles. The Kier molecular flexibility index (Phi) is 3.39. The summed E-state index contributed by atoms with van der Waals surface area (Å²) in [5, 5.41) is 13.7. The fourth-order valence-corrected chi connectivity index (χ4v) is 2.74. The van der Waals surface area contributed by atoms with Gasteiger partial charge in [-0.05, 0) is 12.1 Å². The highest BCUT2D eigenvalue weighted by atomic mass is 16.4. The minimum absolute atomic E-state index is 0.155. The van der Waals surface area contributed by atoms with Crippen molar-refractivity contribution < 1.29 is 14.3 Å². The number of nitrogens with zero attached hydrogens (tertiary/aromatic N) is 2. The summed E-state index contributed by atoms with van der Waals surface area (Å²) in [7, 11) is 0. The maximum atomic E-state index is 11.0. The third-order valence-electron chi connectivity index (χ3n) is 3.78. The number of aliphatic carboxylic acids is 1. The van der Waals surface area contributed by atoms with Crippen LogP contribution in [0.1, 0.15) is 5.76 Å². The van der Waals surface area contributed by atoms with Gasteiger partial charge >= 0.3 is 5.97 Å². The number of furan rings is 1. The van der Waals surface area contributed by atoms with E-state index in [0.29, 0.717) is 17.0 Å². The van der Waals surface area contributed by atoms with Crippen LogP contribution in [-0.2, 0) is 11.2 Å². The van der Waals surface area contributed by atoms with Gasteiger partial charge in [-0.2, -0.15) is 5.10 Å². The third kappa shape index (κ3) is 2.46. The number of para-hydroxylation sites is 1. The molecule has 2 heterocycles. The van der Waals surface area contributed by atoms with Crippen molar-refractivity contribution in [2.75, 3.05) is 0 Å². The van der Waals surface area contributed by atoms with Gasteiger partial charge in [0.2, 0.25) is 0 Å². The summed E-state index contributed by atoms with van der Waals surface area (Å²) in [6.45, 7) is 0. The van der Waals surface area contributed by atoms with E-state index >= 15 is 0 Å². The molecule has 118 valence electrons. The van der Waals surface area contributed by atoms with Crippen LogP contribution in [0.5, 0.6) is 0 Å². The quantitative estimate of drug-likeness (QED) is 0.619. The fraction of sp³-hybridized carbons (Fsp3) is 0.0526. The van der Waals surface area contributed by atoms with E-state index in [1.165, 1.54) is 0 Å². The Hall–Kier alpha value is -3.34. The first-order chi connectivity index (χ1) is 11.7. The fourth-order valence-electron chi connectivity index (χ4n) is 2.74. The summed E-state index contributed by atoms with van der Waals surface area (Å²) in [6.07, 6.45) is -0.155. The molecule has 5 nitrogen and oxygen atoms in total. The molecule has 1 N–H and O–H groups in total. The average Bonchev–Trinajstić information content (AvgIpc) is 3.14. The van der Waals surface area contributed by atoms with E-state index < -0.39 is 5.97 Å². The first-order valence-electron chi connectivity index (χ1n) is 7.56. The first kappa shape index (κ1) is 14.3. The number of hydrogen-bond acceptors (Lipinski definition) is 3. The highest BCUT2D eigenvalue weighted by molar-refractivity contribution is 5.90. The SMILES string of the molecule is O=C(O)Cc1cc2c(o1)c(-c1ccccc1)nn2-c1ccccc1. The van der Waals surface area contributed by atoms with E-state index in [-0.39, 0.29) is 6.42 Å². The van der Waals surface area contributed by atoms with Gasteiger partial charge in [-0.3, -0.25) is 4.79 Å². The van der Waals surface area contributed by atoms with Crippen molar-refractivity contribution in [1.82, 2.24) is 9.78 Å². The van der Waals surface area contributed by atoms with Gasteiger partial charge in [0.25, 0.3) is 0 Å². The zero-order chi connectivity index (χ0) is 16.5. The summed E-state index contributed by atoms with van der Waals surface area (Å²) in [5.41, 5.74) is 3.88. The molecule has 0 spiro atoms. The van der Waals surface area contributed by atoms with Crippen LogP contribution in [0, 0.1) is 0 Å². The summed E-state index contributed by atoms with van der Waals surface area (Å²) in [5.74, 6) is -0.511. The Labute approximate surface area is 137 Å². The number of hydrogen-bond donors (Lipinski definition) is 1. The van der Waals surface area contributed by atoms with Gasteiger partial charge in [-0.1, -0.05) is 48.5 Å². The molecule has 0 aliphatic heterocycles. The number of carboxylic acid groups (broad SMARTS) is 1. The van der Waals surface area contributed by atoms with Crippen LogP contribution in [-0.4, -0.2) is 20.9 Å². The van der Waals surface area contributed by atoms with Crippen LogP contribution in [0.4, 0.5) is 0 Å². The minimum Gasteiger partial charge on any atom is -0.481 e. The molecule has 24 heavy (non-hydrogen) atoms. The van der Waals surface area contributed by atoms with Gasteiger partial charge in [0.05, 0.1) is 5.69 Å². The first-order valence-corrected chi connectivity index (χ1v) is 7.56. The van der Waals surface area contributed by atoms with Crippen LogP contribution < -0.4 is 0 Å². The summed E-state index contributed by atoms with van der Waals surface area (Å²) in [6, 6.07) is 21.2. The van der Waals surface area contributed by atoms with Gasteiger partial charge in [0.15, 0.2) is 5.58 Å². The van der Waals surface area contributed by atoms with Crippen LogP contribution >= 0.6 is 0 Å². The number of aromatic nitrogens is 2. The maximum Gasteiger partial charge on any atom is 0.311 e. The van der Waals surface area contributed by atoms with Crippen molar-refractivity contribution in [2.45, 2.75) is 6.42 Å².